The number of nitro benzene ring substituents is 1. The highest BCUT2D eigenvalue weighted by Gasteiger charge is 2.14. The Morgan fingerprint density at radius 3 is 2.48 bits per heavy atom. The maximum Gasteiger partial charge on any atom is 0.344 e. The first-order valence-corrected chi connectivity index (χ1v) is 7.57. The molecule has 130 valence electrons. The Morgan fingerprint density at radius 2 is 1.92 bits per heavy atom. The molecule has 2 aromatic carbocycles. The zero-order valence-electron chi connectivity index (χ0n) is 14.1. The molecule has 0 bridgehead atoms. The van der Waals surface area contributed by atoms with Gasteiger partial charge in [-0.05, 0) is 62.2 Å². The lowest BCUT2D eigenvalue weighted by atomic mass is 10.1. The minimum atomic E-state index is -1.04. The van der Waals surface area contributed by atoms with E-state index < -0.39 is 17.0 Å². The van der Waals surface area contributed by atoms with Crippen LogP contribution in [0.5, 0.6) is 5.75 Å². The second kappa shape index (κ2) is 7.57. The number of nitrogens with zero attached hydrogens (tertiary/aromatic N) is 2. The van der Waals surface area contributed by atoms with Crippen LogP contribution in [0, 0.1) is 24.0 Å². The number of hydrogen-bond acceptors (Lipinski definition) is 5. The molecule has 0 aliphatic heterocycles. The smallest absolute Gasteiger partial charge is 0.344 e. The fourth-order valence-corrected chi connectivity index (χ4v) is 2.12. The van der Waals surface area contributed by atoms with Crippen molar-refractivity contribution in [3.05, 3.63) is 63.2 Å². The van der Waals surface area contributed by atoms with Gasteiger partial charge in [0, 0.05) is 17.8 Å². The topological polar surface area (TPSA) is 102 Å². The van der Waals surface area contributed by atoms with Gasteiger partial charge in [0.2, 0.25) is 0 Å². The molecule has 0 fully saturated rings. The summed E-state index contributed by atoms with van der Waals surface area (Å²) in [7, 11) is 0. The highest BCUT2D eigenvalue weighted by molar-refractivity contribution is 5.82. The number of nitro groups is 1. The van der Waals surface area contributed by atoms with Gasteiger partial charge in [0.25, 0.3) is 5.69 Å². The molecule has 1 unspecified atom stereocenters. The van der Waals surface area contributed by atoms with E-state index in [1.54, 1.807) is 50.4 Å². The van der Waals surface area contributed by atoms with E-state index >= 15 is 0 Å². The van der Waals surface area contributed by atoms with Crippen LogP contribution in [0.25, 0.3) is 0 Å². The van der Waals surface area contributed by atoms with Gasteiger partial charge < -0.3 is 9.84 Å². The van der Waals surface area contributed by atoms with Gasteiger partial charge in [-0.15, -0.1) is 0 Å². The number of hydrogen-bond donors (Lipinski definition) is 1. The van der Waals surface area contributed by atoms with Crippen LogP contribution in [0.1, 0.15) is 23.6 Å². The summed E-state index contributed by atoms with van der Waals surface area (Å²) in [6.07, 6.45) is 0.647. The molecule has 7 heteroatoms. The Bertz CT molecular complexity index is 828. The van der Waals surface area contributed by atoms with Crippen LogP contribution in [0.4, 0.5) is 11.4 Å². The SMILES string of the molecule is Cc1cc(N=Cc2ccc(OC(C)C(=O)O)cc2)cc([N+](=O)[O-])c1C. The summed E-state index contributed by atoms with van der Waals surface area (Å²) in [5.74, 6) is -0.601. The van der Waals surface area contributed by atoms with Crippen LogP contribution in [-0.4, -0.2) is 28.3 Å². The first kappa shape index (κ1) is 18.1. The standard InChI is InChI=1S/C18H18N2O5/c1-11-8-15(9-17(12(11)2)20(23)24)19-10-14-4-6-16(7-5-14)25-13(3)18(21)22/h4-10,13H,1-3H3,(H,21,22). The average molecular weight is 342 g/mol. The Morgan fingerprint density at radius 1 is 1.28 bits per heavy atom. The molecule has 1 atom stereocenters. The van der Waals surface area contributed by atoms with Crippen LogP contribution >= 0.6 is 0 Å². The third-order valence-corrected chi connectivity index (χ3v) is 3.72. The van der Waals surface area contributed by atoms with Gasteiger partial charge in [0.05, 0.1) is 10.6 Å². The van der Waals surface area contributed by atoms with Crippen molar-refractivity contribution in [3.63, 3.8) is 0 Å². The molecule has 7 nitrogen and oxygen atoms in total. The maximum atomic E-state index is 11.1. The van der Waals surface area contributed by atoms with Crippen molar-refractivity contribution >= 4 is 23.6 Å². The van der Waals surface area contributed by atoms with Crippen molar-refractivity contribution in [2.24, 2.45) is 4.99 Å². The second-order valence-corrected chi connectivity index (χ2v) is 5.59. The lowest BCUT2D eigenvalue weighted by Crippen LogP contribution is -2.22. The number of carboxylic acid groups (broad SMARTS) is 1. The van der Waals surface area contributed by atoms with Crippen molar-refractivity contribution in [3.8, 4) is 5.75 Å². The number of aryl methyl sites for hydroxylation is 1. The third-order valence-electron chi connectivity index (χ3n) is 3.72. The molecule has 0 radical (unpaired) electrons. The van der Waals surface area contributed by atoms with E-state index in [0.29, 0.717) is 17.0 Å². The van der Waals surface area contributed by atoms with Crippen molar-refractivity contribution in [2.75, 3.05) is 0 Å². The van der Waals surface area contributed by atoms with Crippen molar-refractivity contribution in [1.82, 2.24) is 0 Å². The zero-order valence-corrected chi connectivity index (χ0v) is 14.1. The Balaban J connectivity index is 2.17. The number of ether oxygens (including phenoxy) is 1. The number of carboxylic acids is 1. The summed E-state index contributed by atoms with van der Waals surface area (Å²) >= 11 is 0. The Hall–Kier alpha value is -3.22. The van der Waals surface area contributed by atoms with Gasteiger partial charge in [-0.2, -0.15) is 0 Å². The normalized spacial score (nSPS) is 12.1. The number of rotatable bonds is 6. The van der Waals surface area contributed by atoms with Crippen LogP contribution in [-0.2, 0) is 4.79 Å². The van der Waals surface area contributed by atoms with Gasteiger partial charge in [-0.1, -0.05) is 0 Å². The number of carbonyl (C=O) groups is 1. The zero-order chi connectivity index (χ0) is 18.6. The van der Waals surface area contributed by atoms with Crippen LogP contribution < -0.4 is 4.74 Å². The molecule has 25 heavy (non-hydrogen) atoms. The third kappa shape index (κ3) is 4.63. The molecular weight excluding hydrogens is 324 g/mol. The van der Waals surface area contributed by atoms with E-state index in [0.717, 1.165) is 11.1 Å². The summed E-state index contributed by atoms with van der Waals surface area (Å²) < 4.78 is 5.25. The Labute approximate surface area is 144 Å². The summed E-state index contributed by atoms with van der Waals surface area (Å²) in [5.41, 5.74) is 2.72. The monoisotopic (exact) mass is 342 g/mol. The van der Waals surface area contributed by atoms with E-state index in [4.69, 9.17) is 9.84 Å². The summed E-state index contributed by atoms with van der Waals surface area (Å²) in [5, 5.41) is 19.9. The molecule has 2 rings (SSSR count). The van der Waals surface area contributed by atoms with Crippen molar-refractivity contribution < 1.29 is 19.6 Å². The molecule has 0 aliphatic rings. The molecule has 0 aliphatic carbocycles. The van der Waals surface area contributed by atoms with E-state index in [9.17, 15) is 14.9 Å². The predicted molar refractivity (Wildman–Crippen MR) is 94.0 cm³/mol. The van der Waals surface area contributed by atoms with Gasteiger partial charge >= 0.3 is 5.97 Å². The van der Waals surface area contributed by atoms with Crippen LogP contribution in [0.15, 0.2) is 41.4 Å². The van der Waals surface area contributed by atoms with E-state index in [1.165, 1.54) is 13.0 Å². The number of aliphatic imine (C=N–C) groups is 1. The molecule has 2 aromatic rings. The van der Waals surface area contributed by atoms with E-state index in [1.807, 2.05) is 0 Å². The summed E-state index contributed by atoms with van der Waals surface area (Å²) in [4.78, 5) is 25.7. The lowest BCUT2D eigenvalue weighted by molar-refractivity contribution is -0.385. The van der Waals surface area contributed by atoms with Gasteiger partial charge in [-0.25, -0.2) is 4.79 Å². The predicted octanol–water partition coefficient (Wildman–Crippen LogP) is 3.81. The quantitative estimate of drug-likeness (QED) is 0.488. The molecule has 0 saturated heterocycles. The minimum Gasteiger partial charge on any atom is -0.479 e. The minimum absolute atomic E-state index is 0.0403. The molecule has 0 heterocycles. The Kier molecular flexibility index (Phi) is 5.49. The highest BCUT2D eigenvalue weighted by atomic mass is 16.6. The molecule has 0 amide bonds. The summed E-state index contributed by atoms with van der Waals surface area (Å²) in [6.45, 7) is 4.96. The van der Waals surface area contributed by atoms with Crippen LogP contribution in [0.3, 0.4) is 0 Å². The number of benzene rings is 2. The molecular formula is C18H18N2O5. The number of aliphatic carboxylic acids is 1. The van der Waals surface area contributed by atoms with Crippen LogP contribution in [0.2, 0.25) is 0 Å². The van der Waals surface area contributed by atoms with E-state index in [2.05, 4.69) is 4.99 Å². The maximum absolute atomic E-state index is 11.1. The average Bonchev–Trinajstić information content (AvgIpc) is 2.56. The van der Waals surface area contributed by atoms with Crippen molar-refractivity contribution in [2.45, 2.75) is 26.9 Å². The lowest BCUT2D eigenvalue weighted by Gasteiger charge is -2.09. The van der Waals surface area contributed by atoms with Gasteiger partial charge in [0.1, 0.15) is 5.75 Å². The fraction of sp³-hybridized carbons (Fsp3) is 0.222. The summed E-state index contributed by atoms with van der Waals surface area (Å²) in [6, 6.07) is 9.95. The molecule has 0 aromatic heterocycles. The first-order valence-electron chi connectivity index (χ1n) is 7.57. The van der Waals surface area contributed by atoms with Crippen molar-refractivity contribution in [1.29, 1.82) is 0 Å². The van der Waals surface area contributed by atoms with Gasteiger partial charge in [0.15, 0.2) is 6.10 Å². The van der Waals surface area contributed by atoms with E-state index in [-0.39, 0.29) is 5.69 Å². The largest absolute Gasteiger partial charge is 0.479 e. The fourth-order valence-electron chi connectivity index (χ4n) is 2.12. The van der Waals surface area contributed by atoms with Gasteiger partial charge in [-0.3, -0.25) is 15.1 Å². The first-order chi connectivity index (χ1) is 11.8. The second-order valence-electron chi connectivity index (χ2n) is 5.59. The molecule has 0 spiro atoms. The molecule has 0 saturated carbocycles. The molecule has 1 N–H and O–H groups in total. The highest BCUT2D eigenvalue weighted by Crippen LogP contribution is 2.27.